The van der Waals surface area contributed by atoms with Crippen LogP contribution >= 0.6 is 23.2 Å². The molecule has 0 N–H and O–H groups in total. The lowest BCUT2D eigenvalue weighted by Gasteiger charge is -2.17. The van der Waals surface area contributed by atoms with Crippen molar-refractivity contribution in [2.45, 2.75) is 18.3 Å². The summed E-state index contributed by atoms with van der Waals surface area (Å²) in [5.41, 5.74) is 0.709. The van der Waals surface area contributed by atoms with Gasteiger partial charge in [0.2, 0.25) is 10.0 Å². The molecule has 0 spiro atoms. The van der Waals surface area contributed by atoms with E-state index in [0.29, 0.717) is 40.9 Å². The van der Waals surface area contributed by atoms with E-state index in [1.54, 1.807) is 36.5 Å². The van der Waals surface area contributed by atoms with Gasteiger partial charge in [0.15, 0.2) is 0 Å². The molecule has 0 bridgehead atoms. The predicted octanol–water partition coefficient (Wildman–Crippen LogP) is 3.37. The molecule has 0 aliphatic carbocycles. The number of benzene rings is 1. The fraction of sp³-hybridized carbons (Fsp3) is 0.312. The lowest BCUT2D eigenvalue weighted by Crippen LogP contribution is -2.32. The van der Waals surface area contributed by atoms with Crippen molar-refractivity contribution in [3.8, 4) is 5.75 Å². The molecule has 0 unspecified atom stereocenters. The normalized spacial score (nSPS) is 18.7. The zero-order valence-corrected chi connectivity index (χ0v) is 15.1. The van der Waals surface area contributed by atoms with Gasteiger partial charge in [-0.3, -0.25) is 4.98 Å². The Morgan fingerprint density at radius 1 is 1.21 bits per heavy atom. The molecule has 5 nitrogen and oxygen atoms in total. The third-order valence-corrected chi connectivity index (χ3v) is 6.14. The first-order valence-electron chi connectivity index (χ1n) is 7.42. The number of aromatic nitrogens is 1. The zero-order chi connectivity index (χ0) is 17.2. The van der Waals surface area contributed by atoms with Crippen molar-refractivity contribution in [3.63, 3.8) is 0 Å². The van der Waals surface area contributed by atoms with Gasteiger partial charge in [-0.1, -0.05) is 35.3 Å². The lowest BCUT2D eigenvalue weighted by molar-refractivity contribution is 0.215. The van der Waals surface area contributed by atoms with Crippen molar-refractivity contribution in [1.82, 2.24) is 9.29 Å². The first-order chi connectivity index (χ1) is 11.4. The summed E-state index contributed by atoms with van der Waals surface area (Å²) in [5.74, 6) is 0.473. The second kappa shape index (κ2) is 7.27. The summed E-state index contributed by atoms with van der Waals surface area (Å²) in [5, 5.41) is 1.000. The third-order valence-electron chi connectivity index (χ3n) is 3.79. The number of hydrogen-bond donors (Lipinski definition) is 0. The Labute approximate surface area is 151 Å². The zero-order valence-electron chi connectivity index (χ0n) is 12.7. The van der Waals surface area contributed by atoms with E-state index in [2.05, 4.69) is 4.98 Å². The molecule has 8 heteroatoms. The van der Waals surface area contributed by atoms with Crippen molar-refractivity contribution in [3.05, 3.63) is 58.3 Å². The van der Waals surface area contributed by atoms with Crippen LogP contribution in [-0.4, -0.2) is 36.9 Å². The van der Waals surface area contributed by atoms with E-state index in [4.69, 9.17) is 27.9 Å². The fourth-order valence-electron chi connectivity index (χ4n) is 2.57. The topological polar surface area (TPSA) is 59.5 Å². The fourth-order valence-corrected chi connectivity index (χ4v) is 4.43. The van der Waals surface area contributed by atoms with Gasteiger partial charge in [-0.05, 0) is 24.1 Å². The second-order valence-electron chi connectivity index (χ2n) is 5.58. The largest absolute Gasteiger partial charge is 0.487 e. The van der Waals surface area contributed by atoms with E-state index in [0.717, 1.165) is 0 Å². The van der Waals surface area contributed by atoms with Gasteiger partial charge in [0, 0.05) is 30.0 Å². The number of pyridine rings is 1. The molecule has 24 heavy (non-hydrogen) atoms. The van der Waals surface area contributed by atoms with Gasteiger partial charge in [-0.2, -0.15) is 4.31 Å². The van der Waals surface area contributed by atoms with E-state index >= 15 is 0 Å². The highest BCUT2D eigenvalue weighted by atomic mass is 35.5. The Kier molecular flexibility index (Phi) is 5.30. The highest BCUT2D eigenvalue weighted by molar-refractivity contribution is 7.88. The summed E-state index contributed by atoms with van der Waals surface area (Å²) < 4.78 is 32.4. The summed E-state index contributed by atoms with van der Waals surface area (Å²) in [6.07, 6.45) is 3.50. The molecule has 2 heterocycles. The number of ether oxygens (including phenoxy) is 1. The molecule has 128 valence electrons. The molecule has 0 saturated carbocycles. The molecule has 0 radical (unpaired) electrons. The molecule has 1 aliphatic rings. The minimum absolute atomic E-state index is 0.0487. The molecule has 1 aromatic carbocycles. The number of halogens is 2. The molecule has 1 aliphatic heterocycles. The summed E-state index contributed by atoms with van der Waals surface area (Å²) in [4.78, 5) is 3.90. The van der Waals surface area contributed by atoms with Gasteiger partial charge in [0.05, 0.1) is 12.3 Å². The van der Waals surface area contributed by atoms with Crippen molar-refractivity contribution in [1.29, 1.82) is 0 Å². The first-order valence-corrected chi connectivity index (χ1v) is 9.79. The summed E-state index contributed by atoms with van der Waals surface area (Å²) in [6.45, 7) is 0.748. The quantitative estimate of drug-likeness (QED) is 0.790. The van der Waals surface area contributed by atoms with Gasteiger partial charge in [-0.25, -0.2) is 8.42 Å². The minimum Gasteiger partial charge on any atom is -0.487 e. The Bertz CT molecular complexity index is 812. The smallest absolute Gasteiger partial charge is 0.218 e. The molecule has 1 aromatic heterocycles. The predicted molar refractivity (Wildman–Crippen MR) is 93.9 cm³/mol. The monoisotopic (exact) mass is 386 g/mol. The second-order valence-corrected chi connectivity index (χ2v) is 8.39. The third kappa shape index (κ3) is 4.19. The van der Waals surface area contributed by atoms with Gasteiger partial charge in [-0.15, -0.1) is 0 Å². The van der Waals surface area contributed by atoms with E-state index in [9.17, 15) is 8.42 Å². The molecule has 1 atom stereocenters. The van der Waals surface area contributed by atoms with Crippen molar-refractivity contribution in [2.75, 3.05) is 13.1 Å². The standard InChI is InChI=1S/C16H16Cl2N2O3S/c17-13-3-1-12(2-4-13)11-24(21,22)20-8-6-14(10-20)23-16-5-7-19-9-15(16)18/h1-5,7,9,14H,6,8,10-11H2/t14-/m0/s1. The van der Waals surface area contributed by atoms with E-state index in [1.807, 2.05) is 0 Å². The SMILES string of the molecule is O=S(=O)(Cc1ccc(Cl)cc1)N1CC[C@H](Oc2ccncc2Cl)C1. The average molecular weight is 387 g/mol. The Morgan fingerprint density at radius 2 is 1.96 bits per heavy atom. The van der Waals surface area contributed by atoms with Crippen LogP contribution in [0.25, 0.3) is 0 Å². The number of sulfonamides is 1. The van der Waals surface area contributed by atoms with E-state index in [1.165, 1.54) is 10.5 Å². The Hall–Kier alpha value is -1.34. The number of rotatable bonds is 5. The number of nitrogens with zero attached hydrogens (tertiary/aromatic N) is 2. The van der Waals surface area contributed by atoms with Crippen LogP contribution in [0, 0.1) is 0 Å². The first kappa shape index (κ1) is 17.5. The van der Waals surface area contributed by atoms with Crippen molar-refractivity contribution in [2.24, 2.45) is 0 Å². The average Bonchev–Trinajstić information content (AvgIpc) is 3.01. The Balaban J connectivity index is 1.64. The van der Waals surface area contributed by atoms with Gasteiger partial charge in [0.25, 0.3) is 0 Å². The number of hydrogen-bond acceptors (Lipinski definition) is 4. The molecule has 3 rings (SSSR count). The molecular weight excluding hydrogens is 371 g/mol. The van der Waals surface area contributed by atoms with Gasteiger partial charge in [0.1, 0.15) is 16.9 Å². The minimum atomic E-state index is -3.40. The maximum Gasteiger partial charge on any atom is 0.218 e. The van der Waals surface area contributed by atoms with E-state index in [-0.39, 0.29) is 11.9 Å². The maximum atomic E-state index is 12.6. The molecule has 0 amide bonds. The van der Waals surface area contributed by atoms with Gasteiger partial charge < -0.3 is 4.74 Å². The molecule has 1 saturated heterocycles. The van der Waals surface area contributed by atoms with Crippen LogP contribution in [0.4, 0.5) is 0 Å². The molecular formula is C16H16Cl2N2O3S. The lowest BCUT2D eigenvalue weighted by atomic mass is 10.2. The molecule has 1 fully saturated rings. The van der Waals surface area contributed by atoms with E-state index < -0.39 is 10.0 Å². The van der Waals surface area contributed by atoms with Crippen molar-refractivity contribution >= 4 is 33.2 Å². The van der Waals surface area contributed by atoms with Crippen LogP contribution in [0.1, 0.15) is 12.0 Å². The van der Waals surface area contributed by atoms with Crippen LogP contribution in [0.5, 0.6) is 5.75 Å². The molecule has 2 aromatic rings. The van der Waals surface area contributed by atoms with Crippen LogP contribution in [0.2, 0.25) is 10.0 Å². The van der Waals surface area contributed by atoms with Crippen LogP contribution in [0.15, 0.2) is 42.7 Å². The highest BCUT2D eigenvalue weighted by Gasteiger charge is 2.32. The van der Waals surface area contributed by atoms with Crippen LogP contribution in [0.3, 0.4) is 0 Å². The van der Waals surface area contributed by atoms with Crippen LogP contribution in [-0.2, 0) is 15.8 Å². The van der Waals surface area contributed by atoms with Crippen molar-refractivity contribution < 1.29 is 13.2 Å². The maximum absolute atomic E-state index is 12.6. The summed E-state index contributed by atoms with van der Waals surface area (Å²) >= 11 is 11.8. The highest BCUT2D eigenvalue weighted by Crippen LogP contribution is 2.27. The van der Waals surface area contributed by atoms with Crippen LogP contribution < -0.4 is 4.74 Å². The Morgan fingerprint density at radius 3 is 2.67 bits per heavy atom. The summed E-state index contributed by atoms with van der Waals surface area (Å²) in [7, 11) is -3.40. The van der Waals surface area contributed by atoms with Gasteiger partial charge >= 0.3 is 0 Å². The summed E-state index contributed by atoms with van der Waals surface area (Å²) in [6, 6.07) is 8.50.